The molecule has 0 spiro atoms. The molecule has 0 amide bonds. The molecule has 0 aliphatic carbocycles. The van der Waals surface area contributed by atoms with Gasteiger partial charge < -0.3 is 9.67 Å². The van der Waals surface area contributed by atoms with Crippen LogP contribution in [0.4, 0.5) is 0 Å². The molecular formula is C21H28N4O3. The van der Waals surface area contributed by atoms with Gasteiger partial charge in [-0.15, -0.1) is 0 Å². The Morgan fingerprint density at radius 1 is 1.07 bits per heavy atom. The minimum absolute atomic E-state index is 0.0886. The number of unbranched alkanes of at least 4 members (excludes halogenated alkanes) is 1. The Bertz CT molecular complexity index is 1050. The van der Waals surface area contributed by atoms with Crippen molar-refractivity contribution in [1.82, 2.24) is 18.7 Å². The number of aromatic nitrogens is 4. The molecule has 0 aliphatic heterocycles. The first kappa shape index (κ1) is 20.1. The second kappa shape index (κ2) is 8.56. The van der Waals surface area contributed by atoms with Crippen LogP contribution in [0.15, 0.2) is 46.2 Å². The van der Waals surface area contributed by atoms with E-state index >= 15 is 0 Å². The van der Waals surface area contributed by atoms with Crippen LogP contribution >= 0.6 is 0 Å². The molecule has 1 aromatic carbocycles. The van der Waals surface area contributed by atoms with Crippen LogP contribution in [0, 0.1) is 5.92 Å². The molecule has 2 aromatic heterocycles. The number of aliphatic hydroxyl groups is 1. The van der Waals surface area contributed by atoms with Crippen molar-refractivity contribution in [3.63, 3.8) is 0 Å². The molecule has 1 N–H and O–H groups in total. The van der Waals surface area contributed by atoms with Crippen molar-refractivity contribution >= 4 is 11.2 Å². The standard InChI is InChI=1S/C21H28N4O3/c1-4-5-11-23-14-22-19-18(23)20(27)25(21(28)24(19)12-15(2)3)13-17(26)16-9-7-6-8-10-16/h6-10,14-15,17,26H,4-5,11-13H2,1-3H3/t17-/m1/s1. The minimum atomic E-state index is -0.941. The lowest BCUT2D eigenvalue weighted by molar-refractivity contribution is 0.152. The Morgan fingerprint density at radius 3 is 2.43 bits per heavy atom. The molecule has 0 unspecified atom stereocenters. The van der Waals surface area contributed by atoms with E-state index in [1.165, 1.54) is 0 Å². The van der Waals surface area contributed by atoms with Crippen LogP contribution in [0.2, 0.25) is 0 Å². The van der Waals surface area contributed by atoms with Crippen LogP contribution in [-0.4, -0.2) is 23.8 Å². The highest BCUT2D eigenvalue weighted by Crippen LogP contribution is 2.15. The van der Waals surface area contributed by atoms with Crippen LogP contribution < -0.4 is 11.2 Å². The highest BCUT2D eigenvalue weighted by Gasteiger charge is 2.20. The predicted octanol–water partition coefficient (Wildman–Crippen LogP) is 2.55. The van der Waals surface area contributed by atoms with Crippen LogP contribution in [0.5, 0.6) is 0 Å². The molecule has 2 heterocycles. The summed E-state index contributed by atoms with van der Waals surface area (Å²) in [6.07, 6.45) is 2.60. The lowest BCUT2D eigenvalue weighted by Gasteiger charge is -2.16. The second-order valence-corrected chi connectivity index (χ2v) is 7.59. The highest BCUT2D eigenvalue weighted by atomic mass is 16.3. The summed E-state index contributed by atoms with van der Waals surface area (Å²) in [7, 11) is 0. The van der Waals surface area contributed by atoms with Crippen molar-refractivity contribution in [1.29, 1.82) is 0 Å². The van der Waals surface area contributed by atoms with Crippen molar-refractivity contribution in [2.24, 2.45) is 5.92 Å². The summed E-state index contributed by atoms with van der Waals surface area (Å²) < 4.78 is 4.52. The SMILES string of the molecule is CCCCn1cnc2c1c(=O)n(C[C@@H](O)c1ccccc1)c(=O)n2CC(C)C. The lowest BCUT2D eigenvalue weighted by Crippen LogP contribution is -2.42. The average Bonchev–Trinajstić information content (AvgIpc) is 3.11. The number of benzene rings is 1. The molecule has 0 aliphatic rings. The molecule has 150 valence electrons. The van der Waals surface area contributed by atoms with E-state index < -0.39 is 17.4 Å². The van der Waals surface area contributed by atoms with Crippen molar-refractivity contribution in [2.75, 3.05) is 0 Å². The molecule has 3 aromatic rings. The van der Waals surface area contributed by atoms with E-state index in [0.717, 1.165) is 17.4 Å². The normalized spacial score (nSPS) is 12.8. The number of nitrogens with zero attached hydrogens (tertiary/aromatic N) is 4. The topological polar surface area (TPSA) is 82.1 Å². The predicted molar refractivity (Wildman–Crippen MR) is 109 cm³/mol. The molecule has 0 saturated carbocycles. The van der Waals surface area contributed by atoms with Gasteiger partial charge in [0.15, 0.2) is 11.2 Å². The zero-order chi connectivity index (χ0) is 20.3. The van der Waals surface area contributed by atoms with Crippen molar-refractivity contribution < 1.29 is 5.11 Å². The van der Waals surface area contributed by atoms with E-state index in [-0.39, 0.29) is 12.5 Å². The van der Waals surface area contributed by atoms with Crippen molar-refractivity contribution in [3.8, 4) is 0 Å². The molecular weight excluding hydrogens is 356 g/mol. The molecule has 0 radical (unpaired) electrons. The number of hydrogen-bond donors (Lipinski definition) is 1. The zero-order valence-electron chi connectivity index (χ0n) is 16.7. The van der Waals surface area contributed by atoms with Crippen LogP contribution in [0.3, 0.4) is 0 Å². The average molecular weight is 384 g/mol. The highest BCUT2D eigenvalue weighted by molar-refractivity contribution is 5.70. The smallest absolute Gasteiger partial charge is 0.332 e. The summed E-state index contributed by atoms with van der Waals surface area (Å²) in [5, 5.41) is 10.6. The van der Waals surface area contributed by atoms with Crippen LogP contribution in [0.1, 0.15) is 45.3 Å². The zero-order valence-corrected chi connectivity index (χ0v) is 16.7. The summed E-state index contributed by atoms with van der Waals surface area (Å²) in [6.45, 7) is 7.16. The van der Waals surface area contributed by atoms with Gasteiger partial charge in [-0.3, -0.25) is 13.9 Å². The quantitative estimate of drug-likeness (QED) is 0.647. The fourth-order valence-electron chi connectivity index (χ4n) is 3.38. The van der Waals surface area contributed by atoms with E-state index in [9.17, 15) is 14.7 Å². The van der Waals surface area contributed by atoms with E-state index in [4.69, 9.17) is 0 Å². The monoisotopic (exact) mass is 384 g/mol. The largest absolute Gasteiger partial charge is 0.387 e. The number of rotatable bonds is 8. The molecule has 0 saturated heterocycles. The van der Waals surface area contributed by atoms with Gasteiger partial charge >= 0.3 is 5.69 Å². The molecule has 3 rings (SSSR count). The van der Waals surface area contributed by atoms with Crippen molar-refractivity contribution in [2.45, 2.75) is 59.4 Å². The Morgan fingerprint density at radius 2 is 1.79 bits per heavy atom. The maximum atomic E-state index is 13.2. The Balaban J connectivity index is 2.15. The minimum Gasteiger partial charge on any atom is -0.387 e. The molecule has 0 fully saturated rings. The Labute approximate surface area is 163 Å². The number of aliphatic hydroxyl groups excluding tert-OH is 1. The number of hydrogen-bond acceptors (Lipinski definition) is 4. The lowest BCUT2D eigenvalue weighted by atomic mass is 10.1. The molecule has 1 atom stereocenters. The van der Waals surface area contributed by atoms with E-state index in [0.29, 0.717) is 29.8 Å². The first-order valence-electron chi connectivity index (χ1n) is 9.85. The molecule has 0 bridgehead atoms. The van der Waals surface area contributed by atoms with Gasteiger partial charge in [0.25, 0.3) is 5.56 Å². The van der Waals surface area contributed by atoms with Gasteiger partial charge in [-0.25, -0.2) is 9.78 Å². The van der Waals surface area contributed by atoms with Crippen LogP contribution in [-0.2, 0) is 19.6 Å². The number of fused-ring (bicyclic) bond motifs is 1. The van der Waals surface area contributed by atoms with Gasteiger partial charge in [0.1, 0.15) is 0 Å². The fourth-order valence-corrected chi connectivity index (χ4v) is 3.38. The number of aryl methyl sites for hydroxylation is 1. The van der Waals surface area contributed by atoms with E-state index in [2.05, 4.69) is 11.9 Å². The Kier molecular flexibility index (Phi) is 6.14. The third-order valence-electron chi connectivity index (χ3n) is 4.82. The van der Waals surface area contributed by atoms with Gasteiger partial charge in [-0.1, -0.05) is 57.5 Å². The second-order valence-electron chi connectivity index (χ2n) is 7.59. The summed E-state index contributed by atoms with van der Waals surface area (Å²) in [6, 6.07) is 9.07. The maximum Gasteiger partial charge on any atom is 0.332 e. The van der Waals surface area contributed by atoms with Gasteiger partial charge in [-0.05, 0) is 17.9 Å². The van der Waals surface area contributed by atoms with E-state index in [1.54, 1.807) is 23.0 Å². The number of imidazole rings is 1. The first-order chi connectivity index (χ1) is 13.4. The van der Waals surface area contributed by atoms with Gasteiger partial charge in [0, 0.05) is 13.1 Å². The maximum absolute atomic E-state index is 13.2. The van der Waals surface area contributed by atoms with Gasteiger partial charge in [0.05, 0.1) is 19.0 Å². The molecule has 28 heavy (non-hydrogen) atoms. The van der Waals surface area contributed by atoms with E-state index in [1.807, 2.05) is 36.6 Å². The summed E-state index contributed by atoms with van der Waals surface area (Å²) >= 11 is 0. The summed E-state index contributed by atoms with van der Waals surface area (Å²) in [4.78, 5) is 30.6. The Hall–Kier alpha value is -2.67. The molecule has 7 nitrogen and oxygen atoms in total. The van der Waals surface area contributed by atoms with Gasteiger partial charge in [0.2, 0.25) is 0 Å². The van der Waals surface area contributed by atoms with Gasteiger partial charge in [-0.2, -0.15) is 0 Å². The third-order valence-corrected chi connectivity index (χ3v) is 4.82. The first-order valence-corrected chi connectivity index (χ1v) is 9.85. The third kappa shape index (κ3) is 3.94. The summed E-state index contributed by atoms with van der Waals surface area (Å²) in [5.74, 6) is 0.215. The van der Waals surface area contributed by atoms with Crippen molar-refractivity contribution in [3.05, 3.63) is 63.1 Å². The fraction of sp³-hybridized carbons (Fsp3) is 0.476. The van der Waals surface area contributed by atoms with Crippen LogP contribution in [0.25, 0.3) is 11.2 Å². The summed E-state index contributed by atoms with van der Waals surface area (Å²) in [5.41, 5.74) is 0.688. The molecule has 7 heteroatoms.